The van der Waals surface area contributed by atoms with Gasteiger partial charge in [0.2, 0.25) is 0 Å². The smallest absolute Gasteiger partial charge is 0.342 e. The standard InChI is InChI=1S/C26H36O12/c1-11-8-19-26(25(7,38-26)22(32)37-19)21(36-14(4)29)20-23(5,17(9-15(11)30)34-12(2)27)18(35-13(3)28)10-16(31)24(20,6)33/h8,15-21,30-31,33H,9-10H2,1-7H3/t15-,16+,17+,18+,19+,20-,21+,23+,24-,25+,26+/m0/s1. The van der Waals surface area contributed by atoms with Crippen LogP contribution in [-0.2, 0) is 42.9 Å². The Morgan fingerprint density at radius 2 is 1.47 bits per heavy atom. The molecular formula is C26H36O12. The summed E-state index contributed by atoms with van der Waals surface area (Å²) in [6.07, 6.45) is -6.62. The zero-order chi connectivity index (χ0) is 28.6. The fraction of sp³-hybridized carbons (Fsp3) is 0.769. The summed E-state index contributed by atoms with van der Waals surface area (Å²) in [5.41, 5.74) is -6.51. The zero-order valence-corrected chi connectivity index (χ0v) is 22.5. The molecule has 1 spiro atoms. The van der Waals surface area contributed by atoms with Crippen LogP contribution in [0.1, 0.15) is 61.3 Å². The highest BCUT2D eigenvalue weighted by Crippen LogP contribution is 2.66. The van der Waals surface area contributed by atoms with Crippen LogP contribution < -0.4 is 0 Å². The lowest BCUT2D eigenvalue weighted by Gasteiger charge is -2.59. The molecule has 3 N–H and O–H groups in total. The van der Waals surface area contributed by atoms with Crippen LogP contribution in [0, 0.1) is 11.3 Å². The minimum atomic E-state index is -2.05. The van der Waals surface area contributed by atoms with Crippen molar-refractivity contribution in [1.82, 2.24) is 0 Å². The second-order valence-electron chi connectivity index (χ2n) is 11.5. The second-order valence-corrected chi connectivity index (χ2v) is 11.5. The van der Waals surface area contributed by atoms with Crippen LogP contribution >= 0.6 is 0 Å². The molecule has 0 radical (unpaired) electrons. The van der Waals surface area contributed by atoms with Crippen molar-refractivity contribution in [2.45, 2.75) is 115 Å². The first-order valence-electron chi connectivity index (χ1n) is 12.6. The van der Waals surface area contributed by atoms with E-state index in [0.717, 1.165) is 6.92 Å². The number of aliphatic hydroxyl groups is 3. The van der Waals surface area contributed by atoms with Crippen molar-refractivity contribution in [3.63, 3.8) is 0 Å². The highest BCUT2D eigenvalue weighted by molar-refractivity contribution is 5.89. The number of hydrogen-bond donors (Lipinski definition) is 3. The van der Waals surface area contributed by atoms with E-state index in [2.05, 4.69) is 0 Å². The Balaban J connectivity index is 2.06. The molecule has 0 aromatic carbocycles. The van der Waals surface area contributed by atoms with Gasteiger partial charge in [-0.2, -0.15) is 0 Å². The summed E-state index contributed by atoms with van der Waals surface area (Å²) < 4.78 is 28.9. The first kappa shape index (κ1) is 28.5. The molecule has 2 heterocycles. The van der Waals surface area contributed by atoms with E-state index in [1.165, 1.54) is 33.8 Å². The van der Waals surface area contributed by atoms with Gasteiger partial charge in [-0.3, -0.25) is 14.4 Å². The number of aliphatic hydroxyl groups excluding tert-OH is 2. The lowest BCUT2D eigenvalue weighted by atomic mass is 9.51. The Bertz CT molecular complexity index is 1080. The van der Waals surface area contributed by atoms with Gasteiger partial charge in [0.15, 0.2) is 17.3 Å². The SMILES string of the molecule is CC(=O)O[C@@H]1[C@@H]2[C@@](C)(O)[C@H](O)C[C@@H](OC(C)=O)[C@@]2(C)[C@H](OC(C)=O)C[C@H](O)C(C)=C[C@H]2OC(=O)[C@@]3(C)O[C@@]123. The second kappa shape index (κ2) is 9.00. The number of carbonyl (C=O) groups excluding carboxylic acids is 4. The first-order chi connectivity index (χ1) is 17.4. The summed E-state index contributed by atoms with van der Waals surface area (Å²) in [7, 11) is 0. The highest BCUT2D eigenvalue weighted by atomic mass is 16.7. The molecule has 12 heteroatoms. The van der Waals surface area contributed by atoms with E-state index in [4.69, 9.17) is 23.7 Å². The van der Waals surface area contributed by atoms with E-state index >= 15 is 0 Å². The summed E-state index contributed by atoms with van der Waals surface area (Å²) in [5.74, 6) is -4.27. The van der Waals surface area contributed by atoms with E-state index in [-0.39, 0.29) is 12.8 Å². The summed E-state index contributed by atoms with van der Waals surface area (Å²) in [5, 5.41) is 34.2. The van der Waals surface area contributed by atoms with E-state index in [1.807, 2.05) is 0 Å². The normalized spacial score (nSPS) is 47.8. The molecule has 4 rings (SSSR count). The fourth-order valence-electron chi connectivity index (χ4n) is 6.91. The predicted molar refractivity (Wildman–Crippen MR) is 126 cm³/mol. The van der Waals surface area contributed by atoms with Gasteiger partial charge in [-0.25, -0.2) is 4.79 Å². The molecule has 4 aliphatic rings. The minimum Gasteiger partial charge on any atom is -0.462 e. The first-order valence-corrected chi connectivity index (χ1v) is 12.6. The third-order valence-electron chi connectivity index (χ3n) is 8.93. The van der Waals surface area contributed by atoms with Gasteiger partial charge in [0.05, 0.1) is 23.2 Å². The summed E-state index contributed by atoms with van der Waals surface area (Å²) >= 11 is 0. The van der Waals surface area contributed by atoms with Crippen molar-refractivity contribution in [3.8, 4) is 0 Å². The van der Waals surface area contributed by atoms with Crippen molar-refractivity contribution >= 4 is 23.9 Å². The zero-order valence-electron chi connectivity index (χ0n) is 22.5. The number of hydrogen-bond acceptors (Lipinski definition) is 12. The third kappa shape index (κ3) is 3.95. The van der Waals surface area contributed by atoms with Crippen molar-refractivity contribution in [2.24, 2.45) is 11.3 Å². The summed E-state index contributed by atoms with van der Waals surface area (Å²) in [6.45, 7) is 9.46. The van der Waals surface area contributed by atoms with Crippen LogP contribution in [0.3, 0.4) is 0 Å². The van der Waals surface area contributed by atoms with Crippen molar-refractivity contribution < 1.29 is 58.2 Å². The average molecular weight is 541 g/mol. The van der Waals surface area contributed by atoms with E-state index in [0.29, 0.717) is 5.57 Å². The van der Waals surface area contributed by atoms with Crippen LogP contribution in [0.4, 0.5) is 0 Å². The highest BCUT2D eigenvalue weighted by Gasteiger charge is 2.88. The Morgan fingerprint density at radius 3 is 1.97 bits per heavy atom. The molecule has 2 aliphatic carbocycles. The molecule has 212 valence electrons. The lowest BCUT2D eigenvalue weighted by molar-refractivity contribution is -0.275. The molecule has 12 nitrogen and oxygen atoms in total. The van der Waals surface area contributed by atoms with Gasteiger partial charge in [-0.15, -0.1) is 0 Å². The molecule has 0 unspecified atom stereocenters. The average Bonchev–Trinajstić information content (AvgIpc) is 3.36. The molecule has 11 atom stereocenters. The van der Waals surface area contributed by atoms with Gasteiger partial charge in [0.1, 0.15) is 18.3 Å². The van der Waals surface area contributed by atoms with Crippen molar-refractivity contribution in [3.05, 3.63) is 11.6 Å². The molecule has 2 saturated heterocycles. The maximum atomic E-state index is 13.0. The molecule has 0 aromatic heterocycles. The van der Waals surface area contributed by atoms with E-state index in [1.54, 1.807) is 13.8 Å². The van der Waals surface area contributed by atoms with Gasteiger partial charge in [0, 0.05) is 39.5 Å². The Labute approximate surface area is 220 Å². The van der Waals surface area contributed by atoms with Crippen LogP contribution in [0.25, 0.3) is 0 Å². The van der Waals surface area contributed by atoms with Crippen molar-refractivity contribution in [2.75, 3.05) is 0 Å². The molecule has 0 amide bonds. The topological polar surface area (TPSA) is 178 Å². The molecule has 1 saturated carbocycles. The van der Waals surface area contributed by atoms with Gasteiger partial charge in [-0.1, -0.05) is 6.92 Å². The van der Waals surface area contributed by atoms with Gasteiger partial charge in [-0.05, 0) is 32.4 Å². The molecule has 0 bridgehead atoms. The van der Waals surface area contributed by atoms with Crippen LogP contribution in [0.2, 0.25) is 0 Å². The van der Waals surface area contributed by atoms with Crippen LogP contribution in [0.5, 0.6) is 0 Å². The van der Waals surface area contributed by atoms with Gasteiger partial charge < -0.3 is 39.0 Å². The molecule has 2 aliphatic heterocycles. The quantitative estimate of drug-likeness (QED) is 0.190. The number of rotatable bonds is 3. The minimum absolute atomic E-state index is 0.197. The summed E-state index contributed by atoms with van der Waals surface area (Å²) in [6, 6.07) is 0. The Kier molecular flexibility index (Phi) is 6.75. The number of epoxide rings is 1. The third-order valence-corrected chi connectivity index (χ3v) is 8.93. The Hall–Kier alpha value is -2.54. The largest absolute Gasteiger partial charge is 0.462 e. The molecule has 0 aromatic rings. The number of fused-ring (bicyclic) bond motifs is 1. The maximum absolute atomic E-state index is 13.0. The molecule has 38 heavy (non-hydrogen) atoms. The molecular weight excluding hydrogens is 504 g/mol. The van der Waals surface area contributed by atoms with Crippen molar-refractivity contribution in [1.29, 1.82) is 0 Å². The van der Waals surface area contributed by atoms with E-state index < -0.39 is 88.6 Å². The summed E-state index contributed by atoms with van der Waals surface area (Å²) in [4.78, 5) is 50.0. The van der Waals surface area contributed by atoms with Crippen LogP contribution in [-0.4, -0.2) is 92.6 Å². The number of esters is 4. The van der Waals surface area contributed by atoms with E-state index in [9.17, 15) is 34.5 Å². The number of carbonyl (C=O) groups is 4. The predicted octanol–water partition coefficient (Wildman–Crippen LogP) is 0.0836. The number of ether oxygens (including phenoxy) is 5. The van der Waals surface area contributed by atoms with Gasteiger partial charge >= 0.3 is 23.9 Å². The van der Waals surface area contributed by atoms with Gasteiger partial charge in [0.25, 0.3) is 0 Å². The lowest BCUT2D eigenvalue weighted by Crippen LogP contribution is -2.72. The maximum Gasteiger partial charge on any atom is 0.342 e. The monoisotopic (exact) mass is 540 g/mol. The molecule has 3 fully saturated rings. The fourth-order valence-corrected chi connectivity index (χ4v) is 6.91. The Morgan fingerprint density at radius 1 is 0.947 bits per heavy atom. The van der Waals surface area contributed by atoms with Crippen LogP contribution in [0.15, 0.2) is 11.6 Å².